The molecule has 0 fully saturated rings. The summed E-state index contributed by atoms with van der Waals surface area (Å²) in [5, 5.41) is 7.32. The minimum Gasteiger partial charge on any atom is 1.00 e. The maximum atomic E-state index is 14.1. The van der Waals surface area contributed by atoms with E-state index >= 15 is 0 Å². The predicted octanol–water partition coefficient (Wildman–Crippen LogP) is 5.10. The van der Waals surface area contributed by atoms with Crippen LogP contribution in [0.25, 0.3) is 0 Å². The summed E-state index contributed by atoms with van der Waals surface area (Å²) in [4.78, 5) is 13.6. The van der Waals surface area contributed by atoms with Gasteiger partial charge < -0.3 is 0 Å². The Morgan fingerprint density at radius 3 is 1.09 bits per heavy atom. The van der Waals surface area contributed by atoms with Gasteiger partial charge in [-0.15, -0.1) is 0 Å². The van der Waals surface area contributed by atoms with E-state index in [0.29, 0.717) is 13.4 Å². The summed E-state index contributed by atoms with van der Waals surface area (Å²) in [5.41, 5.74) is 2.51. The molecule has 190 valence electrons. The van der Waals surface area contributed by atoms with Crippen LogP contribution in [0.1, 0.15) is 24.0 Å². The molecule has 0 aromatic carbocycles. The Kier molecular flexibility index (Phi) is 10.3. The van der Waals surface area contributed by atoms with E-state index in [4.69, 9.17) is 5.26 Å². The van der Waals surface area contributed by atoms with Crippen molar-refractivity contribution in [1.29, 1.82) is 5.26 Å². The van der Waals surface area contributed by atoms with Gasteiger partial charge in [-0.2, -0.15) is 5.26 Å². The van der Waals surface area contributed by atoms with Crippen molar-refractivity contribution in [2.45, 2.75) is 27.7 Å². The van der Waals surface area contributed by atoms with Crippen molar-refractivity contribution in [2.75, 3.05) is 0 Å². The number of aryl methyl sites for hydroxylation is 3. The molecule has 0 amide bonds. The molecule has 3 aromatic rings. The SMILES string of the molecule is CC#N.Cc1cccc([As](=O)(c2cccc(C)n2)c2cccc(C)n2)n1.F[P-](F)(F)(F)(F)F.[Cu+]. The quantitative estimate of drug-likeness (QED) is 0.232. The maximum Gasteiger partial charge on any atom is 1.00 e. The molecule has 0 aliphatic rings. The van der Waals surface area contributed by atoms with E-state index < -0.39 is 21.3 Å². The van der Waals surface area contributed by atoms with Gasteiger partial charge in [0.05, 0.1) is 6.07 Å². The molecule has 0 unspecified atom stereocenters. The first-order valence-corrected chi connectivity index (χ1v) is 14.8. The molecule has 5 nitrogen and oxygen atoms in total. The first-order valence-electron chi connectivity index (χ1n) is 9.16. The van der Waals surface area contributed by atoms with Crippen LogP contribution in [0, 0.1) is 32.1 Å². The molecule has 0 aliphatic carbocycles. The fourth-order valence-corrected chi connectivity index (χ4v) is 7.68. The van der Waals surface area contributed by atoms with Crippen LogP contribution < -0.4 is 13.4 Å². The molecule has 0 saturated heterocycles. The third-order valence-corrected chi connectivity index (χ3v) is 9.22. The van der Waals surface area contributed by atoms with E-state index in [0.717, 1.165) is 17.1 Å². The second kappa shape index (κ2) is 11.0. The third kappa shape index (κ3) is 11.8. The number of halogens is 6. The van der Waals surface area contributed by atoms with Crippen molar-refractivity contribution in [2.24, 2.45) is 0 Å². The fraction of sp³-hybridized carbons (Fsp3) is 0.200. The molecular weight excluding hydrogens is 596 g/mol. The van der Waals surface area contributed by atoms with Crippen molar-refractivity contribution in [3.05, 3.63) is 71.7 Å². The van der Waals surface area contributed by atoms with Crippen LogP contribution in [0.2, 0.25) is 0 Å². The first kappa shape index (κ1) is 31.8. The largest absolute Gasteiger partial charge is 1.00 e. The summed E-state index contributed by atoms with van der Waals surface area (Å²) < 4.78 is 75.1. The van der Waals surface area contributed by atoms with Gasteiger partial charge in [0.15, 0.2) is 0 Å². The normalized spacial score (nSPS) is 12.7. The number of aromatic nitrogens is 3. The van der Waals surface area contributed by atoms with Crippen molar-refractivity contribution in [3.63, 3.8) is 0 Å². The molecule has 0 N–H and O–H groups in total. The van der Waals surface area contributed by atoms with Crippen LogP contribution in [-0.4, -0.2) is 28.4 Å². The smallest absolute Gasteiger partial charge is 1.00 e. The van der Waals surface area contributed by atoms with E-state index in [1.165, 1.54) is 6.92 Å². The molecular formula is C20H21AsCuF6N4OP. The monoisotopic (exact) mass is 616 g/mol. The Labute approximate surface area is 206 Å². The standard InChI is InChI=1S/C18H18AsN3O.C2H3N.Cu.F6P/c1-13-7-4-10-16(20-13)19(23,17-11-5-8-14(2)21-17)18-12-6-9-15(3)22-18;1-2-3;;1-7(2,3,4,5)6/h4-12H,1-3H3;1H3;;/q;;+1;-1. The van der Waals surface area contributed by atoms with E-state index in [2.05, 4.69) is 15.0 Å². The number of hydrogen-bond donors (Lipinski definition) is 0. The minimum absolute atomic E-state index is 0. The molecule has 14 heteroatoms. The molecule has 34 heavy (non-hydrogen) atoms. The number of nitriles is 1. The molecule has 0 radical (unpaired) electrons. The number of rotatable bonds is 3. The topological polar surface area (TPSA) is 79.5 Å². The predicted molar refractivity (Wildman–Crippen MR) is 117 cm³/mol. The zero-order valence-corrected chi connectivity index (χ0v) is 22.1. The number of pyridine rings is 3. The van der Waals surface area contributed by atoms with Crippen molar-refractivity contribution in [3.8, 4) is 6.07 Å². The van der Waals surface area contributed by atoms with Crippen molar-refractivity contribution < 1.29 is 46.0 Å². The fourth-order valence-electron chi connectivity index (χ4n) is 2.46. The van der Waals surface area contributed by atoms with Gasteiger partial charge in [0.2, 0.25) is 0 Å². The summed E-state index contributed by atoms with van der Waals surface area (Å²) in [5.74, 6) is 0. The Bertz CT molecular complexity index is 1090. The van der Waals surface area contributed by atoms with Gasteiger partial charge in [-0.25, -0.2) is 0 Å². The molecule has 0 saturated carbocycles. The summed E-state index contributed by atoms with van der Waals surface area (Å²) in [6, 6.07) is 18.6. The van der Waals surface area contributed by atoms with Crippen LogP contribution in [0.4, 0.5) is 25.2 Å². The number of nitrogens with zero attached hydrogens (tertiary/aromatic N) is 4. The first-order chi connectivity index (χ1) is 14.9. The average molecular weight is 617 g/mol. The molecule has 3 heterocycles. The summed E-state index contributed by atoms with van der Waals surface area (Å²) in [6.07, 6.45) is 0. The van der Waals surface area contributed by atoms with Gasteiger partial charge in [-0.1, -0.05) is 0 Å². The van der Waals surface area contributed by atoms with Crippen molar-refractivity contribution in [1.82, 2.24) is 15.0 Å². The average Bonchev–Trinajstić information content (AvgIpc) is 2.65. The second-order valence-electron chi connectivity index (χ2n) is 6.70. The van der Waals surface area contributed by atoms with Crippen LogP contribution in [-0.2, 0) is 20.8 Å². The number of hydrogen-bond acceptors (Lipinski definition) is 5. The third-order valence-electron chi connectivity index (χ3n) is 3.59. The van der Waals surface area contributed by atoms with Crippen LogP contribution in [0.15, 0.2) is 54.6 Å². The van der Waals surface area contributed by atoms with Crippen molar-refractivity contribution >= 4 is 34.7 Å². The Morgan fingerprint density at radius 1 is 0.706 bits per heavy atom. The van der Waals surface area contributed by atoms with Gasteiger partial charge >= 0.3 is 188 Å². The molecule has 0 atom stereocenters. The molecule has 3 aromatic heterocycles. The zero-order chi connectivity index (χ0) is 25.6. The second-order valence-corrected chi connectivity index (χ2v) is 14.1. The molecule has 0 spiro atoms. The Hall–Kier alpha value is -2.17. The summed E-state index contributed by atoms with van der Waals surface area (Å²) in [7, 11) is -10.7. The Morgan fingerprint density at radius 2 is 0.912 bits per heavy atom. The maximum absolute atomic E-state index is 14.1. The molecule has 0 bridgehead atoms. The van der Waals surface area contributed by atoms with Gasteiger partial charge in [-0.05, 0) is 0 Å². The minimum atomic E-state index is -10.7. The molecule has 3 rings (SSSR count). The van der Waals surface area contributed by atoms with Gasteiger partial charge in [0.25, 0.3) is 0 Å². The van der Waals surface area contributed by atoms with E-state index in [-0.39, 0.29) is 17.1 Å². The van der Waals surface area contributed by atoms with Gasteiger partial charge in [0.1, 0.15) is 0 Å². The van der Waals surface area contributed by atoms with Crippen LogP contribution in [0.5, 0.6) is 0 Å². The summed E-state index contributed by atoms with van der Waals surface area (Å²) in [6.45, 7) is 7.13. The van der Waals surface area contributed by atoms with E-state index in [1.54, 1.807) is 6.07 Å². The van der Waals surface area contributed by atoms with E-state index in [9.17, 15) is 28.9 Å². The van der Waals surface area contributed by atoms with Gasteiger partial charge in [-0.3, -0.25) is 0 Å². The zero-order valence-electron chi connectivity index (χ0n) is 18.4. The summed E-state index contributed by atoms with van der Waals surface area (Å²) >= 11 is -3.99. The van der Waals surface area contributed by atoms with E-state index in [1.807, 2.05) is 75.4 Å². The Balaban J connectivity index is 0.000000845. The molecule has 0 aliphatic heterocycles. The van der Waals surface area contributed by atoms with Gasteiger partial charge in [0, 0.05) is 6.92 Å². The van der Waals surface area contributed by atoms with Crippen LogP contribution in [0.3, 0.4) is 0 Å². The van der Waals surface area contributed by atoms with Crippen LogP contribution >= 0.6 is 7.81 Å².